The third-order valence-electron chi connectivity index (χ3n) is 4.58. The molecule has 1 heterocycles. The van der Waals surface area contributed by atoms with Gasteiger partial charge in [0.15, 0.2) is 17.3 Å². The first kappa shape index (κ1) is 16.0. The van der Waals surface area contributed by atoms with Gasteiger partial charge in [0, 0.05) is 23.6 Å². The van der Waals surface area contributed by atoms with E-state index in [0.717, 1.165) is 22.4 Å². The van der Waals surface area contributed by atoms with Crippen molar-refractivity contribution in [1.82, 2.24) is 0 Å². The molecule has 1 aliphatic carbocycles. The molecule has 128 valence electrons. The minimum atomic E-state index is -0.237. The van der Waals surface area contributed by atoms with Crippen molar-refractivity contribution in [3.8, 4) is 23.3 Å². The van der Waals surface area contributed by atoms with Gasteiger partial charge in [-0.15, -0.1) is 0 Å². The Morgan fingerprint density at radius 2 is 2.08 bits per heavy atom. The summed E-state index contributed by atoms with van der Waals surface area (Å²) in [5.74, 6) is 1.71. The maximum absolute atomic E-state index is 12.8. The fraction of sp³-hybridized carbons (Fsp3) is 0.143. The van der Waals surface area contributed by atoms with Gasteiger partial charge in [-0.05, 0) is 47.0 Å². The van der Waals surface area contributed by atoms with E-state index in [-0.39, 0.29) is 18.1 Å². The average Bonchev–Trinajstić information content (AvgIpc) is 3.12. The minimum absolute atomic E-state index is 0.156. The van der Waals surface area contributed by atoms with Gasteiger partial charge in [0.2, 0.25) is 6.79 Å². The highest BCUT2D eigenvalue weighted by atomic mass is 16.7. The molecule has 0 N–H and O–H groups in total. The molecule has 0 fully saturated rings. The van der Waals surface area contributed by atoms with Crippen LogP contribution in [0.15, 0.2) is 43.0 Å². The quantitative estimate of drug-likeness (QED) is 0.479. The van der Waals surface area contributed by atoms with Crippen LogP contribution in [0.3, 0.4) is 0 Å². The predicted molar refractivity (Wildman–Crippen MR) is 96.2 cm³/mol. The minimum Gasteiger partial charge on any atom is -0.496 e. The molecular formula is C21H15NO4. The standard InChI is InChI=1S/C21H15NO4/c1-12-7-16-18(24-2)6-4-15(21(12)16)17(23)8-14(10-22)13-3-5-19-20(9-13)26-11-25-19/h3-6,8-9H,1,7,11H2,2H3/b14-8+. The molecule has 0 atom stereocenters. The lowest BCUT2D eigenvalue weighted by Crippen LogP contribution is -2.14. The predicted octanol–water partition coefficient (Wildman–Crippen LogP) is 3.78. The van der Waals surface area contributed by atoms with E-state index < -0.39 is 0 Å². The Morgan fingerprint density at radius 3 is 2.81 bits per heavy atom. The molecule has 0 spiro atoms. The van der Waals surface area contributed by atoms with Crippen molar-refractivity contribution in [3.63, 3.8) is 0 Å². The zero-order chi connectivity index (χ0) is 18.3. The van der Waals surface area contributed by atoms with Crippen molar-refractivity contribution in [2.75, 3.05) is 13.9 Å². The summed E-state index contributed by atoms with van der Waals surface area (Å²) in [6, 6.07) is 10.8. The van der Waals surface area contributed by atoms with Gasteiger partial charge in [0.1, 0.15) is 5.75 Å². The van der Waals surface area contributed by atoms with E-state index in [2.05, 4.69) is 12.6 Å². The average molecular weight is 345 g/mol. The molecule has 0 bridgehead atoms. The maximum atomic E-state index is 12.8. The van der Waals surface area contributed by atoms with Gasteiger partial charge >= 0.3 is 0 Å². The second kappa shape index (κ2) is 6.08. The molecule has 0 saturated heterocycles. The summed E-state index contributed by atoms with van der Waals surface area (Å²) in [5.41, 5.74) is 4.12. The molecule has 0 unspecified atom stereocenters. The number of nitrogens with zero attached hydrogens (tertiary/aromatic N) is 1. The van der Waals surface area contributed by atoms with E-state index in [1.165, 1.54) is 6.08 Å². The van der Waals surface area contributed by atoms with Crippen LogP contribution in [0.4, 0.5) is 0 Å². The number of nitriles is 1. The number of fused-ring (bicyclic) bond motifs is 2. The highest BCUT2D eigenvalue weighted by molar-refractivity contribution is 6.13. The highest BCUT2D eigenvalue weighted by Crippen LogP contribution is 2.42. The number of carbonyl (C=O) groups is 1. The topological polar surface area (TPSA) is 68.6 Å². The molecule has 5 nitrogen and oxygen atoms in total. The smallest absolute Gasteiger partial charge is 0.231 e. The molecule has 2 aromatic rings. The number of ketones is 1. The van der Waals surface area contributed by atoms with Crippen LogP contribution in [-0.4, -0.2) is 19.7 Å². The molecule has 0 amide bonds. The number of methoxy groups -OCH3 is 1. The number of hydrogen-bond acceptors (Lipinski definition) is 5. The van der Waals surface area contributed by atoms with Gasteiger partial charge in [-0.2, -0.15) is 5.26 Å². The van der Waals surface area contributed by atoms with Crippen molar-refractivity contribution in [1.29, 1.82) is 5.26 Å². The first-order chi connectivity index (χ1) is 12.6. The molecule has 2 aromatic carbocycles. The van der Waals surface area contributed by atoms with Gasteiger partial charge in [0.05, 0.1) is 18.8 Å². The number of benzene rings is 2. The molecule has 0 saturated carbocycles. The first-order valence-electron chi connectivity index (χ1n) is 8.06. The third-order valence-corrected chi connectivity index (χ3v) is 4.58. The highest BCUT2D eigenvalue weighted by Gasteiger charge is 2.27. The van der Waals surface area contributed by atoms with Crippen LogP contribution >= 0.6 is 0 Å². The van der Waals surface area contributed by atoms with Crippen LogP contribution in [-0.2, 0) is 6.42 Å². The van der Waals surface area contributed by atoms with Crippen LogP contribution in [0.2, 0.25) is 0 Å². The Bertz CT molecular complexity index is 1030. The number of hydrogen-bond donors (Lipinski definition) is 0. The number of allylic oxidation sites excluding steroid dienone is 3. The Kier molecular flexibility index (Phi) is 3.74. The molecule has 26 heavy (non-hydrogen) atoms. The molecule has 4 rings (SSSR count). The largest absolute Gasteiger partial charge is 0.496 e. The van der Waals surface area contributed by atoms with Crippen molar-refractivity contribution in [2.24, 2.45) is 0 Å². The summed E-state index contributed by atoms with van der Waals surface area (Å²) in [5, 5.41) is 9.52. The molecular weight excluding hydrogens is 330 g/mol. The molecule has 5 heteroatoms. The summed E-state index contributed by atoms with van der Waals surface area (Å²) in [4.78, 5) is 12.8. The fourth-order valence-corrected chi connectivity index (χ4v) is 3.25. The third kappa shape index (κ3) is 2.44. The molecule has 0 radical (unpaired) electrons. The van der Waals surface area contributed by atoms with E-state index in [1.807, 2.05) is 0 Å². The Labute approximate surface area is 150 Å². The van der Waals surface area contributed by atoms with Gasteiger partial charge in [0.25, 0.3) is 0 Å². The van der Waals surface area contributed by atoms with Gasteiger partial charge < -0.3 is 14.2 Å². The Morgan fingerprint density at radius 1 is 1.27 bits per heavy atom. The summed E-state index contributed by atoms with van der Waals surface area (Å²) in [6.07, 6.45) is 2.06. The van der Waals surface area contributed by atoms with Crippen molar-refractivity contribution < 1.29 is 19.0 Å². The van der Waals surface area contributed by atoms with E-state index in [9.17, 15) is 10.1 Å². The SMILES string of the molecule is C=C1Cc2c(OC)ccc(C(=O)/C=C(\C#N)c3ccc4c(c3)OCO4)c21. The van der Waals surface area contributed by atoms with Crippen molar-refractivity contribution >= 4 is 16.9 Å². The monoisotopic (exact) mass is 345 g/mol. The van der Waals surface area contributed by atoms with Crippen molar-refractivity contribution in [3.05, 3.63) is 65.2 Å². The molecule has 1 aliphatic heterocycles. The van der Waals surface area contributed by atoms with Gasteiger partial charge in [-0.3, -0.25) is 4.79 Å². The van der Waals surface area contributed by atoms with Gasteiger partial charge in [-0.1, -0.05) is 6.58 Å². The summed E-state index contributed by atoms with van der Waals surface area (Å²) < 4.78 is 15.9. The normalized spacial score (nSPS) is 14.3. The lowest BCUT2D eigenvalue weighted by atomic mass is 9.79. The van der Waals surface area contributed by atoms with E-state index in [0.29, 0.717) is 29.0 Å². The lowest BCUT2D eigenvalue weighted by molar-refractivity contribution is 0.104. The number of rotatable bonds is 4. The van der Waals surface area contributed by atoms with E-state index in [4.69, 9.17) is 14.2 Å². The van der Waals surface area contributed by atoms with Gasteiger partial charge in [-0.25, -0.2) is 0 Å². The second-order valence-electron chi connectivity index (χ2n) is 6.05. The van der Waals surface area contributed by atoms with Crippen LogP contribution in [0.1, 0.15) is 27.0 Å². The lowest BCUT2D eigenvalue weighted by Gasteiger charge is -2.26. The maximum Gasteiger partial charge on any atom is 0.231 e. The van der Waals surface area contributed by atoms with E-state index >= 15 is 0 Å². The first-order valence-corrected chi connectivity index (χ1v) is 8.06. The zero-order valence-electron chi connectivity index (χ0n) is 14.2. The molecule has 2 aliphatic rings. The van der Waals surface area contributed by atoms with Crippen molar-refractivity contribution in [2.45, 2.75) is 6.42 Å². The van der Waals surface area contributed by atoms with Crippen LogP contribution in [0.25, 0.3) is 11.1 Å². The molecule has 0 aromatic heterocycles. The van der Waals surface area contributed by atoms with Crippen LogP contribution in [0.5, 0.6) is 17.2 Å². The summed E-state index contributed by atoms with van der Waals surface area (Å²) in [6.45, 7) is 4.15. The Balaban J connectivity index is 1.72. The Hall–Kier alpha value is -3.52. The van der Waals surface area contributed by atoms with Crippen LogP contribution < -0.4 is 14.2 Å². The summed E-state index contributed by atoms with van der Waals surface area (Å²) in [7, 11) is 1.60. The van der Waals surface area contributed by atoms with Crippen LogP contribution in [0, 0.1) is 11.3 Å². The fourth-order valence-electron chi connectivity index (χ4n) is 3.25. The van der Waals surface area contributed by atoms with E-state index in [1.54, 1.807) is 37.4 Å². The summed E-state index contributed by atoms with van der Waals surface area (Å²) >= 11 is 0. The number of carbonyl (C=O) groups excluding carboxylic acids is 1. The number of ether oxygens (including phenoxy) is 3. The zero-order valence-corrected chi connectivity index (χ0v) is 14.2. The second-order valence-corrected chi connectivity index (χ2v) is 6.05.